The van der Waals surface area contributed by atoms with Gasteiger partial charge in [0.2, 0.25) is 0 Å². The maximum absolute atomic E-state index is 13.1. The zero-order chi connectivity index (χ0) is 29.9. The topological polar surface area (TPSA) is 66.0 Å². The molecule has 0 aliphatic rings. The molecule has 0 saturated carbocycles. The Morgan fingerprint density at radius 1 is 0.571 bits per heavy atom. The fourth-order valence-corrected chi connectivity index (χ4v) is 4.91. The molecule has 0 aliphatic carbocycles. The van der Waals surface area contributed by atoms with Crippen LogP contribution in [0.15, 0.2) is 91.0 Å². The molecule has 6 nitrogen and oxygen atoms in total. The second-order valence-corrected chi connectivity index (χ2v) is 11.8. The van der Waals surface area contributed by atoms with Crippen LogP contribution in [0, 0.1) is 0 Å². The summed E-state index contributed by atoms with van der Waals surface area (Å²) in [5.41, 5.74) is 2.43. The molecule has 1 N–H and O–H groups in total. The standard InChI is InChI=1S/C36H49NO5/c1-35(2,3)42-34(38)37-36(22-13-25-39-28-31-16-7-4-8-17-31,23-14-26-40-29-32-18-9-5-10-19-32)24-15-27-41-30-33-20-11-6-12-21-33/h4-12,16-21H,13-15,22-30H2,1-3H3,(H,37,38). The zero-order valence-electron chi connectivity index (χ0n) is 25.7. The molecule has 0 heterocycles. The van der Waals surface area contributed by atoms with Crippen molar-refractivity contribution in [3.05, 3.63) is 108 Å². The highest BCUT2D eigenvalue weighted by atomic mass is 16.6. The van der Waals surface area contributed by atoms with E-state index in [1.807, 2.05) is 75.4 Å². The number of amides is 1. The summed E-state index contributed by atoms with van der Waals surface area (Å²) in [6.07, 6.45) is 4.40. The quantitative estimate of drug-likeness (QED) is 0.146. The van der Waals surface area contributed by atoms with E-state index < -0.39 is 11.1 Å². The summed E-state index contributed by atoms with van der Waals surface area (Å²) < 4.78 is 23.7. The van der Waals surface area contributed by atoms with Crippen molar-refractivity contribution in [2.24, 2.45) is 0 Å². The van der Waals surface area contributed by atoms with E-state index in [4.69, 9.17) is 18.9 Å². The summed E-state index contributed by atoms with van der Waals surface area (Å²) in [7, 11) is 0. The Morgan fingerprint density at radius 3 is 1.21 bits per heavy atom. The first kappa shape index (κ1) is 33.3. The van der Waals surface area contributed by atoms with Crippen LogP contribution in [0.4, 0.5) is 4.79 Å². The third-order valence-corrected chi connectivity index (χ3v) is 6.93. The van der Waals surface area contributed by atoms with Gasteiger partial charge in [-0.25, -0.2) is 4.79 Å². The Labute approximate surface area is 252 Å². The van der Waals surface area contributed by atoms with Gasteiger partial charge in [0.05, 0.1) is 19.8 Å². The van der Waals surface area contributed by atoms with Crippen molar-refractivity contribution in [3.8, 4) is 0 Å². The van der Waals surface area contributed by atoms with E-state index in [9.17, 15) is 4.79 Å². The van der Waals surface area contributed by atoms with Crippen LogP contribution < -0.4 is 5.32 Å². The smallest absolute Gasteiger partial charge is 0.408 e. The first-order valence-corrected chi connectivity index (χ1v) is 15.2. The number of ether oxygens (including phenoxy) is 4. The molecule has 1 amide bonds. The van der Waals surface area contributed by atoms with Gasteiger partial charge in [-0.2, -0.15) is 0 Å². The van der Waals surface area contributed by atoms with E-state index in [0.717, 1.165) is 55.2 Å². The Kier molecular flexibility index (Phi) is 14.6. The van der Waals surface area contributed by atoms with E-state index in [1.54, 1.807) is 0 Å². The second-order valence-electron chi connectivity index (χ2n) is 11.8. The van der Waals surface area contributed by atoms with E-state index in [0.29, 0.717) is 39.6 Å². The van der Waals surface area contributed by atoms with E-state index in [2.05, 4.69) is 41.7 Å². The van der Waals surface area contributed by atoms with Crippen molar-refractivity contribution in [2.45, 2.75) is 90.3 Å². The lowest BCUT2D eigenvalue weighted by atomic mass is 9.84. The van der Waals surface area contributed by atoms with Crippen LogP contribution in [0.3, 0.4) is 0 Å². The van der Waals surface area contributed by atoms with Gasteiger partial charge in [0.1, 0.15) is 5.60 Å². The van der Waals surface area contributed by atoms with Crippen LogP contribution in [0.2, 0.25) is 0 Å². The average Bonchev–Trinajstić information content (AvgIpc) is 2.97. The summed E-state index contributed by atoms with van der Waals surface area (Å²) in [4.78, 5) is 13.1. The number of carbonyl (C=O) groups excluding carboxylic acids is 1. The fourth-order valence-electron chi connectivity index (χ4n) is 4.91. The molecule has 228 valence electrons. The minimum absolute atomic E-state index is 0.386. The molecule has 0 fully saturated rings. The van der Waals surface area contributed by atoms with Crippen LogP contribution in [-0.2, 0) is 38.8 Å². The Balaban J connectivity index is 1.59. The summed E-state index contributed by atoms with van der Waals surface area (Å²) in [5, 5.41) is 3.29. The van der Waals surface area contributed by atoms with Crippen LogP contribution in [-0.4, -0.2) is 37.1 Å². The maximum atomic E-state index is 13.1. The van der Waals surface area contributed by atoms with Gasteiger partial charge in [0.15, 0.2) is 0 Å². The minimum Gasteiger partial charge on any atom is -0.444 e. The number of rotatable bonds is 19. The highest BCUT2D eigenvalue weighted by Gasteiger charge is 2.32. The van der Waals surface area contributed by atoms with Crippen LogP contribution >= 0.6 is 0 Å². The van der Waals surface area contributed by atoms with E-state index in [-0.39, 0.29) is 6.09 Å². The number of benzene rings is 3. The van der Waals surface area contributed by atoms with Gasteiger partial charge < -0.3 is 24.3 Å². The largest absolute Gasteiger partial charge is 0.444 e. The Hall–Kier alpha value is -3.19. The SMILES string of the molecule is CC(C)(C)OC(=O)NC(CCCOCc1ccccc1)(CCCOCc1ccccc1)CCCOCc1ccccc1. The maximum Gasteiger partial charge on any atom is 0.408 e. The minimum atomic E-state index is -0.577. The monoisotopic (exact) mass is 575 g/mol. The second kappa shape index (κ2) is 18.4. The molecule has 0 aliphatic heterocycles. The molecular weight excluding hydrogens is 526 g/mol. The molecule has 6 heteroatoms. The number of hydrogen-bond acceptors (Lipinski definition) is 5. The highest BCUT2D eigenvalue weighted by Crippen LogP contribution is 2.27. The Bertz CT molecular complexity index is 995. The molecule has 3 rings (SSSR count). The van der Waals surface area contributed by atoms with Crippen LogP contribution in [0.5, 0.6) is 0 Å². The third-order valence-electron chi connectivity index (χ3n) is 6.93. The summed E-state index contributed by atoms with van der Waals surface area (Å²) in [5.74, 6) is 0. The van der Waals surface area contributed by atoms with Crippen molar-refractivity contribution in [1.29, 1.82) is 0 Å². The highest BCUT2D eigenvalue weighted by molar-refractivity contribution is 5.68. The molecule has 0 bridgehead atoms. The lowest BCUT2D eigenvalue weighted by molar-refractivity contribution is 0.0376. The lowest BCUT2D eigenvalue weighted by Gasteiger charge is -2.36. The zero-order valence-corrected chi connectivity index (χ0v) is 25.7. The predicted octanol–water partition coefficient (Wildman–Crippen LogP) is 8.24. The average molecular weight is 576 g/mol. The normalized spacial score (nSPS) is 11.8. The van der Waals surface area contributed by atoms with Crippen molar-refractivity contribution >= 4 is 6.09 Å². The number of hydrogen-bond donors (Lipinski definition) is 1. The molecule has 0 unspecified atom stereocenters. The molecule has 0 radical (unpaired) electrons. The van der Waals surface area contributed by atoms with Gasteiger partial charge >= 0.3 is 6.09 Å². The van der Waals surface area contributed by atoms with Crippen molar-refractivity contribution in [1.82, 2.24) is 5.32 Å². The summed E-state index contributed by atoms with van der Waals surface area (Å²) in [6.45, 7) is 9.24. The van der Waals surface area contributed by atoms with Crippen LogP contribution in [0.1, 0.15) is 76.0 Å². The van der Waals surface area contributed by atoms with Crippen molar-refractivity contribution < 1.29 is 23.7 Å². The third kappa shape index (κ3) is 14.1. The molecule has 3 aromatic carbocycles. The van der Waals surface area contributed by atoms with Gasteiger partial charge in [-0.3, -0.25) is 0 Å². The van der Waals surface area contributed by atoms with E-state index in [1.165, 1.54) is 0 Å². The van der Waals surface area contributed by atoms with Gasteiger partial charge in [-0.15, -0.1) is 0 Å². The van der Waals surface area contributed by atoms with Gasteiger partial charge in [-0.05, 0) is 76.0 Å². The van der Waals surface area contributed by atoms with Crippen molar-refractivity contribution in [3.63, 3.8) is 0 Å². The molecule has 0 aromatic heterocycles. The molecule has 0 atom stereocenters. The molecular formula is C36H49NO5. The summed E-state index contributed by atoms with van der Waals surface area (Å²) in [6, 6.07) is 30.6. The molecule has 3 aromatic rings. The predicted molar refractivity (Wildman–Crippen MR) is 168 cm³/mol. The van der Waals surface area contributed by atoms with Gasteiger partial charge in [0, 0.05) is 25.4 Å². The van der Waals surface area contributed by atoms with Gasteiger partial charge in [-0.1, -0.05) is 91.0 Å². The summed E-state index contributed by atoms with van der Waals surface area (Å²) >= 11 is 0. The molecule has 0 saturated heterocycles. The first-order chi connectivity index (χ1) is 20.3. The van der Waals surface area contributed by atoms with E-state index >= 15 is 0 Å². The van der Waals surface area contributed by atoms with Crippen molar-refractivity contribution in [2.75, 3.05) is 19.8 Å². The first-order valence-electron chi connectivity index (χ1n) is 15.2. The molecule has 42 heavy (non-hydrogen) atoms. The lowest BCUT2D eigenvalue weighted by Crippen LogP contribution is -2.50. The number of carbonyl (C=O) groups is 1. The number of nitrogens with one attached hydrogen (secondary N) is 1. The molecule has 0 spiro atoms. The fraction of sp³-hybridized carbons (Fsp3) is 0.472. The van der Waals surface area contributed by atoms with Crippen LogP contribution in [0.25, 0.3) is 0 Å². The Morgan fingerprint density at radius 2 is 0.905 bits per heavy atom. The number of alkyl carbamates (subject to hydrolysis) is 1. The van der Waals surface area contributed by atoms with Gasteiger partial charge in [0.25, 0.3) is 0 Å².